The Morgan fingerprint density at radius 1 is 1.25 bits per heavy atom. The van der Waals surface area contributed by atoms with Gasteiger partial charge in [0.15, 0.2) is 0 Å². The third-order valence-corrected chi connectivity index (χ3v) is 2.47. The zero-order valence-corrected chi connectivity index (χ0v) is 9.99. The normalized spacial score (nSPS) is 10.5. The maximum Gasteiger partial charge on any atom is 0.234 e. The average molecular weight is 220 g/mol. The summed E-state index contributed by atoms with van der Waals surface area (Å²) in [5.74, 6) is 5.57. The van der Waals surface area contributed by atoms with Gasteiger partial charge in [-0.25, -0.2) is 5.84 Å². The van der Waals surface area contributed by atoms with Gasteiger partial charge in [0, 0.05) is 6.42 Å². The molecule has 0 aliphatic heterocycles. The molecule has 3 nitrogen and oxygen atoms in total. The largest absolute Gasteiger partial charge is 0.294 e. The molecule has 1 rings (SSSR count). The maximum atomic E-state index is 11.0. The third-order valence-electron chi connectivity index (χ3n) is 2.47. The Kier molecular flexibility index (Phi) is 4.99. The van der Waals surface area contributed by atoms with Gasteiger partial charge in [-0.2, -0.15) is 0 Å². The Hall–Kier alpha value is -1.35. The first-order valence-corrected chi connectivity index (χ1v) is 5.69. The van der Waals surface area contributed by atoms with Gasteiger partial charge in [-0.15, -0.1) is 0 Å². The summed E-state index contributed by atoms with van der Waals surface area (Å²) in [4.78, 5) is 11.0. The highest BCUT2D eigenvalue weighted by molar-refractivity contribution is 5.75. The summed E-state index contributed by atoms with van der Waals surface area (Å²) in [7, 11) is 0. The summed E-state index contributed by atoms with van der Waals surface area (Å²) < 4.78 is 0. The van der Waals surface area contributed by atoms with Crippen LogP contribution < -0.4 is 11.3 Å². The van der Waals surface area contributed by atoms with Crippen molar-refractivity contribution in [3.8, 4) is 0 Å². The Morgan fingerprint density at radius 3 is 2.31 bits per heavy atom. The average Bonchev–Trinajstić information content (AvgIpc) is 2.27. The molecule has 3 N–H and O–H groups in total. The molecule has 1 amide bonds. The van der Waals surface area contributed by atoms with Crippen molar-refractivity contribution in [3.05, 3.63) is 35.4 Å². The second kappa shape index (κ2) is 6.28. The van der Waals surface area contributed by atoms with Gasteiger partial charge in [-0.05, 0) is 29.9 Å². The predicted octanol–water partition coefficient (Wildman–Crippen LogP) is 1.81. The molecular formula is C13H20N2O. The Balaban J connectivity index is 2.48. The molecule has 0 unspecified atom stereocenters. The molecule has 0 atom stereocenters. The van der Waals surface area contributed by atoms with E-state index in [9.17, 15) is 4.79 Å². The molecule has 3 heteroatoms. The standard InChI is InChI=1S/C13H20N2O/c1-10(2)9-12-5-3-11(4-6-12)7-8-13(16)15-14/h3-6,10H,7-9,14H2,1-2H3,(H,15,16). The van der Waals surface area contributed by atoms with Crippen molar-refractivity contribution in [3.63, 3.8) is 0 Å². The van der Waals surface area contributed by atoms with Crippen molar-refractivity contribution in [2.45, 2.75) is 33.1 Å². The van der Waals surface area contributed by atoms with E-state index in [4.69, 9.17) is 5.84 Å². The van der Waals surface area contributed by atoms with E-state index < -0.39 is 0 Å². The molecule has 0 aromatic heterocycles. The van der Waals surface area contributed by atoms with Crippen molar-refractivity contribution in [1.82, 2.24) is 5.43 Å². The molecule has 0 radical (unpaired) electrons. The summed E-state index contributed by atoms with van der Waals surface area (Å²) in [5, 5.41) is 0. The topological polar surface area (TPSA) is 55.1 Å². The molecule has 0 aliphatic rings. The third kappa shape index (κ3) is 4.45. The summed E-state index contributed by atoms with van der Waals surface area (Å²) in [6, 6.07) is 8.44. The van der Waals surface area contributed by atoms with E-state index in [1.165, 1.54) is 11.1 Å². The lowest BCUT2D eigenvalue weighted by molar-refractivity contribution is -0.121. The second-order valence-corrected chi connectivity index (χ2v) is 4.48. The quantitative estimate of drug-likeness (QED) is 0.452. The number of carbonyl (C=O) groups excluding carboxylic acids is 1. The molecule has 0 spiro atoms. The fraction of sp³-hybridized carbons (Fsp3) is 0.462. The van der Waals surface area contributed by atoms with Gasteiger partial charge in [0.25, 0.3) is 0 Å². The molecule has 88 valence electrons. The highest BCUT2D eigenvalue weighted by atomic mass is 16.2. The van der Waals surface area contributed by atoms with Gasteiger partial charge in [0.05, 0.1) is 0 Å². The first-order valence-electron chi connectivity index (χ1n) is 5.69. The highest BCUT2D eigenvalue weighted by Crippen LogP contribution is 2.10. The van der Waals surface area contributed by atoms with Gasteiger partial charge in [0.1, 0.15) is 0 Å². The van der Waals surface area contributed by atoms with Gasteiger partial charge < -0.3 is 0 Å². The number of rotatable bonds is 5. The van der Waals surface area contributed by atoms with E-state index in [1.54, 1.807) is 0 Å². The van der Waals surface area contributed by atoms with Crippen LogP contribution in [0.25, 0.3) is 0 Å². The van der Waals surface area contributed by atoms with Crippen LogP contribution in [0, 0.1) is 5.92 Å². The Labute approximate surface area is 97.0 Å². The Morgan fingerprint density at radius 2 is 1.81 bits per heavy atom. The van der Waals surface area contributed by atoms with Crippen LogP contribution in [0.4, 0.5) is 0 Å². The minimum Gasteiger partial charge on any atom is -0.294 e. The number of nitrogens with two attached hydrogens (primary N) is 1. The first kappa shape index (κ1) is 12.7. The number of hydrazine groups is 1. The number of amides is 1. The van der Waals surface area contributed by atoms with Crippen LogP contribution in [0.15, 0.2) is 24.3 Å². The van der Waals surface area contributed by atoms with E-state index in [0.717, 1.165) is 12.8 Å². The lowest BCUT2D eigenvalue weighted by Crippen LogP contribution is -2.30. The summed E-state index contributed by atoms with van der Waals surface area (Å²) in [6.45, 7) is 4.42. The van der Waals surface area contributed by atoms with Crippen molar-refractivity contribution >= 4 is 5.91 Å². The van der Waals surface area contributed by atoms with Crippen molar-refractivity contribution in [2.24, 2.45) is 11.8 Å². The van der Waals surface area contributed by atoms with E-state index in [2.05, 4.69) is 43.5 Å². The monoisotopic (exact) mass is 220 g/mol. The summed E-state index contributed by atoms with van der Waals surface area (Å²) >= 11 is 0. The zero-order chi connectivity index (χ0) is 12.0. The first-order chi connectivity index (χ1) is 7.61. The lowest BCUT2D eigenvalue weighted by Gasteiger charge is -2.06. The van der Waals surface area contributed by atoms with E-state index in [-0.39, 0.29) is 5.91 Å². The van der Waals surface area contributed by atoms with Gasteiger partial charge in [-0.1, -0.05) is 38.1 Å². The van der Waals surface area contributed by atoms with Crippen LogP contribution in [0.2, 0.25) is 0 Å². The molecule has 1 aromatic carbocycles. The van der Waals surface area contributed by atoms with Crippen LogP contribution in [0.3, 0.4) is 0 Å². The number of aryl methyl sites for hydroxylation is 1. The van der Waals surface area contributed by atoms with Gasteiger partial charge in [-0.3, -0.25) is 10.2 Å². The molecule has 0 saturated heterocycles. The number of benzene rings is 1. The van der Waals surface area contributed by atoms with Crippen LogP contribution >= 0.6 is 0 Å². The smallest absolute Gasteiger partial charge is 0.234 e. The van der Waals surface area contributed by atoms with E-state index >= 15 is 0 Å². The van der Waals surface area contributed by atoms with Gasteiger partial charge >= 0.3 is 0 Å². The van der Waals surface area contributed by atoms with Gasteiger partial charge in [0.2, 0.25) is 5.91 Å². The SMILES string of the molecule is CC(C)Cc1ccc(CCC(=O)NN)cc1. The summed E-state index contributed by atoms with van der Waals surface area (Å²) in [5.41, 5.74) is 4.66. The van der Waals surface area contributed by atoms with Crippen LogP contribution in [0.5, 0.6) is 0 Å². The molecule has 1 aromatic rings. The summed E-state index contributed by atoms with van der Waals surface area (Å²) in [6.07, 6.45) is 2.29. The second-order valence-electron chi connectivity index (χ2n) is 4.48. The van der Waals surface area contributed by atoms with Crippen LogP contribution in [-0.4, -0.2) is 5.91 Å². The van der Waals surface area contributed by atoms with Crippen molar-refractivity contribution in [2.75, 3.05) is 0 Å². The van der Waals surface area contributed by atoms with E-state index in [1.807, 2.05) is 0 Å². The Bertz CT molecular complexity index is 330. The van der Waals surface area contributed by atoms with Crippen LogP contribution in [-0.2, 0) is 17.6 Å². The van der Waals surface area contributed by atoms with Crippen LogP contribution in [0.1, 0.15) is 31.4 Å². The molecule has 0 aliphatic carbocycles. The number of carbonyl (C=O) groups is 1. The molecular weight excluding hydrogens is 200 g/mol. The molecule has 16 heavy (non-hydrogen) atoms. The minimum atomic E-state index is -0.119. The number of nitrogens with one attached hydrogen (secondary N) is 1. The molecule has 0 saturated carbocycles. The zero-order valence-electron chi connectivity index (χ0n) is 9.99. The fourth-order valence-corrected chi connectivity index (χ4v) is 1.64. The molecule has 0 heterocycles. The van der Waals surface area contributed by atoms with Crippen molar-refractivity contribution < 1.29 is 4.79 Å². The lowest BCUT2D eigenvalue weighted by atomic mass is 10.0. The number of hydrogen-bond donors (Lipinski definition) is 2. The molecule has 0 bridgehead atoms. The minimum absolute atomic E-state index is 0.119. The highest BCUT2D eigenvalue weighted by Gasteiger charge is 2.01. The number of hydrogen-bond acceptors (Lipinski definition) is 2. The fourth-order valence-electron chi connectivity index (χ4n) is 1.64. The molecule has 0 fully saturated rings. The van der Waals surface area contributed by atoms with Crippen molar-refractivity contribution in [1.29, 1.82) is 0 Å². The predicted molar refractivity (Wildman–Crippen MR) is 65.6 cm³/mol. The van der Waals surface area contributed by atoms with E-state index in [0.29, 0.717) is 12.3 Å². The maximum absolute atomic E-state index is 11.0.